The SMILES string of the molecule is CCc1cc(CC(=O)O)c(OC(F)F)cc1C#N. The third-order valence-electron chi connectivity index (χ3n) is 2.35. The topological polar surface area (TPSA) is 70.3 Å². The molecule has 1 rings (SSSR count). The summed E-state index contributed by atoms with van der Waals surface area (Å²) in [6, 6.07) is 4.45. The average Bonchev–Trinajstić information content (AvgIpc) is 2.29. The molecule has 0 atom stereocenters. The number of hydrogen-bond acceptors (Lipinski definition) is 3. The quantitative estimate of drug-likeness (QED) is 0.876. The number of carboxylic acid groups (broad SMARTS) is 1. The predicted octanol–water partition coefficient (Wildman–Crippen LogP) is 2.35. The number of nitriles is 1. The van der Waals surface area contributed by atoms with E-state index in [0.717, 1.165) is 6.07 Å². The number of ether oxygens (including phenoxy) is 1. The van der Waals surface area contributed by atoms with Crippen molar-refractivity contribution in [1.29, 1.82) is 5.26 Å². The number of nitrogens with zero attached hydrogens (tertiary/aromatic N) is 1. The molecule has 0 aromatic heterocycles. The maximum atomic E-state index is 12.2. The number of rotatable bonds is 5. The summed E-state index contributed by atoms with van der Waals surface area (Å²) >= 11 is 0. The Morgan fingerprint density at radius 1 is 1.50 bits per heavy atom. The minimum absolute atomic E-state index is 0.138. The molecular weight excluding hydrogens is 244 g/mol. The van der Waals surface area contributed by atoms with Gasteiger partial charge in [-0.1, -0.05) is 13.0 Å². The van der Waals surface area contributed by atoms with Crippen LogP contribution in [-0.4, -0.2) is 17.7 Å². The van der Waals surface area contributed by atoms with E-state index in [-0.39, 0.29) is 16.9 Å². The Balaban J connectivity index is 3.27. The number of benzene rings is 1. The van der Waals surface area contributed by atoms with Gasteiger partial charge in [-0.05, 0) is 18.1 Å². The summed E-state index contributed by atoms with van der Waals surface area (Å²) in [6.07, 6.45) is 0.0746. The smallest absolute Gasteiger partial charge is 0.387 e. The molecule has 0 spiro atoms. The van der Waals surface area contributed by atoms with Crippen molar-refractivity contribution >= 4 is 5.97 Å². The molecule has 0 heterocycles. The number of carboxylic acids is 1. The van der Waals surface area contributed by atoms with E-state index in [2.05, 4.69) is 4.74 Å². The van der Waals surface area contributed by atoms with Crippen LogP contribution in [0.2, 0.25) is 0 Å². The van der Waals surface area contributed by atoms with Crippen molar-refractivity contribution in [2.24, 2.45) is 0 Å². The summed E-state index contributed by atoms with van der Waals surface area (Å²) in [5, 5.41) is 17.6. The predicted molar refractivity (Wildman–Crippen MR) is 58.5 cm³/mol. The average molecular weight is 255 g/mol. The molecule has 0 aliphatic carbocycles. The van der Waals surface area contributed by atoms with E-state index < -0.39 is 19.0 Å². The molecule has 0 saturated heterocycles. The fraction of sp³-hybridized carbons (Fsp3) is 0.333. The highest BCUT2D eigenvalue weighted by Crippen LogP contribution is 2.26. The number of hydrogen-bond donors (Lipinski definition) is 1. The van der Waals surface area contributed by atoms with Crippen LogP contribution in [0, 0.1) is 11.3 Å². The van der Waals surface area contributed by atoms with Gasteiger partial charge in [0.1, 0.15) is 5.75 Å². The van der Waals surface area contributed by atoms with Crippen molar-refractivity contribution in [3.63, 3.8) is 0 Å². The molecule has 0 bridgehead atoms. The lowest BCUT2D eigenvalue weighted by Gasteiger charge is -2.12. The van der Waals surface area contributed by atoms with Gasteiger partial charge in [-0.3, -0.25) is 4.79 Å². The fourth-order valence-corrected chi connectivity index (χ4v) is 1.58. The highest BCUT2D eigenvalue weighted by Gasteiger charge is 2.15. The highest BCUT2D eigenvalue weighted by molar-refractivity contribution is 5.72. The van der Waals surface area contributed by atoms with Crippen molar-refractivity contribution in [3.05, 3.63) is 28.8 Å². The lowest BCUT2D eigenvalue weighted by Crippen LogP contribution is -2.09. The molecule has 0 amide bonds. The van der Waals surface area contributed by atoms with E-state index in [9.17, 15) is 13.6 Å². The molecule has 4 nitrogen and oxygen atoms in total. The summed E-state index contributed by atoms with van der Waals surface area (Å²) in [6.45, 7) is -1.27. The van der Waals surface area contributed by atoms with Crippen LogP contribution >= 0.6 is 0 Å². The summed E-state index contributed by atoms with van der Waals surface area (Å²) in [4.78, 5) is 10.7. The molecule has 18 heavy (non-hydrogen) atoms. The van der Waals surface area contributed by atoms with Gasteiger partial charge in [-0.2, -0.15) is 14.0 Å². The monoisotopic (exact) mass is 255 g/mol. The first-order valence-electron chi connectivity index (χ1n) is 5.20. The first kappa shape index (κ1) is 13.9. The fourth-order valence-electron chi connectivity index (χ4n) is 1.58. The lowest BCUT2D eigenvalue weighted by atomic mass is 10.00. The maximum Gasteiger partial charge on any atom is 0.387 e. The van der Waals surface area contributed by atoms with Crippen molar-refractivity contribution in [2.75, 3.05) is 0 Å². The molecule has 0 radical (unpaired) electrons. The van der Waals surface area contributed by atoms with Gasteiger partial charge in [0.2, 0.25) is 0 Å². The Bertz CT molecular complexity index is 495. The minimum atomic E-state index is -3.06. The van der Waals surface area contributed by atoms with Crippen molar-refractivity contribution in [2.45, 2.75) is 26.4 Å². The lowest BCUT2D eigenvalue weighted by molar-refractivity contribution is -0.136. The van der Waals surface area contributed by atoms with Gasteiger partial charge in [-0.15, -0.1) is 0 Å². The Morgan fingerprint density at radius 2 is 2.17 bits per heavy atom. The third-order valence-corrected chi connectivity index (χ3v) is 2.35. The molecule has 0 aliphatic heterocycles. The Hall–Kier alpha value is -2.16. The van der Waals surface area contributed by atoms with Crippen LogP contribution in [-0.2, 0) is 17.6 Å². The van der Waals surface area contributed by atoms with Crippen LogP contribution in [0.1, 0.15) is 23.6 Å². The minimum Gasteiger partial charge on any atom is -0.481 e. The molecule has 0 unspecified atom stereocenters. The van der Waals surface area contributed by atoms with Crippen LogP contribution in [0.15, 0.2) is 12.1 Å². The number of halogens is 2. The van der Waals surface area contributed by atoms with Gasteiger partial charge < -0.3 is 9.84 Å². The van der Waals surface area contributed by atoms with Crippen LogP contribution in [0.3, 0.4) is 0 Å². The molecular formula is C12H11F2NO3. The molecule has 1 aromatic carbocycles. The van der Waals surface area contributed by atoms with Gasteiger partial charge >= 0.3 is 12.6 Å². The molecule has 6 heteroatoms. The molecule has 96 valence electrons. The highest BCUT2D eigenvalue weighted by atomic mass is 19.3. The van der Waals surface area contributed by atoms with Crippen LogP contribution in [0.25, 0.3) is 0 Å². The molecule has 0 fully saturated rings. The van der Waals surface area contributed by atoms with E-state index in [1.165, 1.54) is 6.07 Å². The number of carbonyl (C=O) groups is 1. The first-order valence-corrected chi connectivity index (χ1v) is 5.20. The van der Waals surface area contributed by atoms with Crippen LogP contribution in [0.5, 0.6) is 5.75 Å². The number of alkyl halides is 2. The van der Waals surface area contributed by atoms with Crippen LogP contribution in [0.4, 0.5) is 8.78 Å². The first-order chi connectivity index (χ1) is 8.47. The van der Waals surface area contributed by atoms with E-state index in [1.54, 1.807) is 6.92 Å². The standard InChI is InChI=1S/C12H11F2NO3/c1-2-7-3-8(5-11(16)17)10(18-12(13)14)4-9(7)6-15/h3-4,12H,2,5H2,1H3,(H,16,17). The van der Waals surface area contributed by atoms with Gasteiger partial charge in [0.25, 0.3) is 0 Å². The molecule has 0 saturated carbocycles. The molecule has 1 N–H and O–H groups in total. The zero-order valence-corrected chi connectivity index (χ0v) is 9.61. The van der Waals surface area contributed by atoms with E-state index in [4.69, 9.17) is 10.4 Å². The Kier molecular flexibility index (Phi) is 4.60. The van der Waals surface area contributed by atoms with Gasteiger partial charge in [0, 0.05) is 5.56 Å². The number of aliphatic carboxylic acids is 1. The zero-order valence-electron chi connectivity index (χ0n) is 9.61. The number of aryl methyl sites for hydroxylation is 1. The summed E-state index contributed by atoms with van der Waals surface area (Å²) in [5.74, 6) is -1.41. The van der Waals surface area contributed by atoms with Crippen molar-refractivity contribution in [3.8, 4) is 11.8 Å². The maximum absolute atomic E-state index is 12.2. The molecule has 1 aromatic rings. The normalized spacial score (nSPS) is 10.2. The summed E-state index contributed by atoms with van der Waals surface area (Å²) < 4.78 is 28.6. The third kappa shape index (κ3) is 3.42. The Morgan fingerprint density at radius 3 is 2.61 bits per heavy atom. The molecule has 0 aliphatic rings. The van der Waals surface area contributed by atoms with E-state index >= 15 is 0 Å². The van der Waals surface area contributed by atoms with Gasteiger partial charge in [-0.25, -0.2) is 0 Å². The van der Waals surface area contributed by atoms with Crippen molar-refractivity contribution < 1.29 is 23.4 Å². The van der Waals surface area contributed by atoms with E-state index in [0.29, 0.717) is 12.0 Å². The van der Waals surface area contributed by atoms with E-state index in [1.807, 2.05) is 6.07 Å². The Labute approximate surface area is 102 Å². The second kappa shape index (κ2) is 5.96. The second-order valence-electron chi connectivity index (χ2n) is 3.53. The van der Waals surface area contributed by atoms with Crippen LogP contribution < -0.4 is 4.74 Å². The summed E-state index contributed by atoms with van der Waals surface area (Å²) in [5.41, 5.74) is 0.955. The summed E-state index contributed by atoms with van der Waals surface area (Å²) in [7, 11) is 0. The largest absolute Gasteiger partial charge is 0.481 e. The van der Waals surface area contributed by atoms with Gasteiger partial charge in [0.15, 0.2) is 0 Å². The zero-order chi connectivity index (χ0) is 13.7. The second-order valence-corrected chi connectivity index (χ2v) is 3.53. The van der Waals surface area contributed by atoms with Gasteiger partial charge in [0.05, 0.1) is 18.1 Å². The van der Waals surface area contributed by atoms with Crippen molar-refractivity contribution in [1.82, 2.24) is 0 Å².